The van der Waals surface area contributed by atoms with Gasteiger partial charge in [-0.25, -0.2) is 8.42 Å². The van der Waals surface area contributed by atoms with E-state index in [1.807, 2.05) is 13.8 Å². The number of nitrogens with zero attached hydrogens (tertiary/aromatic N) is 3. The summed E-state index contributed by atoms with van der Waals surface area (Å²) in [5.41, 5.74) is 0.574. The van der Waals surface area contributed by atoms with Crippen LogP contribution in [0.15, 0.2) is 24.4 Å². The van der Waals surface area contributed by atoms with Gasteiger partial charge in [0.15, 0.2) is 15.7 Å². The highest BCUT2D eigenvalue weighted by atomic mass is 32.2. The molecule has 0 aliphatic carbocycles. The van der Waals surface area contributed by atoms with E-state index in [9.17, 15) is 13.2 Å². The van der Waals surface area contributed by atoms with Crippen LogP contribution in [0.1, 0.15) is 20.3 Å². The Morgan fingerprint density at radius 3 is 2.74 bits per heavy atom. The zero-order chi connectivity index (χ0) is 16.9. The zero-order valence-corrected chi connectivity index (χ0v) is 13.8. The molecule has 2 aromatic heterocycles. The van der Waals surface area contributed by atoms with Crippen molar-refractivity contribution in [2.75, 3.05) is 16.8 Å². The number of amides is 1. The van der Waals surface area contributed by atoms with Crippen molar-refractivity contribution in [2.45, 2.75) is 20.3 Å². The molecule has 23 heavy (non-hydrogen) atoms. The molecular formula is C14H19N5O3S. The molecule has 2 rings (SSSR count). The molecule has 0 saturated carbocycles. The van der Waals surface area contributed by atoms with Crippen LogP contribution < -0.4 is 5.32 Å². The number of carbonyl (C=O) groups is 1. The van der Waals surface area contributed by atoms with E-state index in [0.29, 0.717) is 17.9 Å². The van der Waals surface area contributed by atoms with E-state index in [1.54, 1.807) is 24.4 Å². The Morgan fingerprint density at radius 1 is 1.30 bits per heavy atom. The lowest BCUT2D eigenvalue weighted by Crippen LogP contribution is -2.25. The van der Waals surface area contributed by atoms with E-state index >= 15 is 0 Å². The molecule has 2 aromatic rings. The standard InChI is InChI=1S/C14H19N5O3S/c1-10(2)6-8-23(21,22)9-12(20)16-14-17-13(18-19-14)11-5-3-4-7-15-11/h3-5,7,10H,6,8-9H2,1-2H3,(H2,16,17,18,19,20). The van der Waals surface area contributed by atoms with Gasteiger partial charge in [0.25, 0.3) is 0 Å². The second-order valence-corrected chi connectivity index (χ2v) is 7.74. The molecule has 0 spiro atoms. The van der Waals surface area contributed by atoms with Gasteiger partial charge in [-0.1, -0.05) is 19.9 Å². The van der Waals surface area contributed by atoms with Gasteiger partial charge in [-0.2, -0.15) is 0 Å². The fourth-order valence-corrected chi connectivity index (χ4v) is 3.24. The first-order chi connectivity index (χ1) is 10.9. The highest BCUT2D eigenvalue weighted by Gasteiger charge is 2.18. The number of anilines is 1. The fourth-order valence-electron chi connectivity index (χ4n) is 1.79. The lowest BCUT2D eigenvalue weighted by atomic mass is 10.2. The summed E-state index contributed by atoms with van der Waals surface area (Å²) in [5.74, 6) is -0.466. The molecule has 0 bridgehead atoms. The first-order valence-electron chi connectivity index (χ1n) is 7.20. The third-order valence-electron chi connectivity index (χ3n) is 3.01. The number of hydrogen-bond donors (Lipinski definition) is 2. The Kier molecular flexibility index (Phi) is 5.43. The maximum Gasteiger partial charge on any atom is 0.241 e. The number of carbonyl (C=O) groups excluding carboxylic acids is 1. The minimum absolute atomic E-state index is 0.00627. The number of nitrogens with one attached hydrogen (secondary N) is 2. The van der Waals surface area contributed by atoms with Crippen molar-refractivity contribution in [1.29, 1.82) is 0 Å². The summed E-state index contributed by atoms with van der Waals surface area (Å²) in [4.78, 5) is 18.7. The number of hydrogen-bond acceptors (Lipinski definition) is 6. The van der Waals surface area contributed by atoms with Crippen molar-refractivity contribution in [3.63, 3.8) is 0 Å². The number of sulfone groups is 1. The monoisotopic (exact) mass is 337 g/mol. The van der Waals surface area contributed by atoms with Gasteiger partial charge >= 0.3 is 0 Å². The van der Waals surface area contributed by atoms with Crippen molar-refractivity contribution in [1.82, 2.24) is 20.2 Å². The highest BCUT2D eigenvalue weighted by molar-refractivity contribution is 7.92. The van der Waals surface area contributed by atoms with Gasteiger partial charge < -0.3 is 4.98 Å². The van der Waals surface area contributed by atoms with Gasteiger partial charge in [0, 0.05) is 6.20 Å². The van der Waals surface area contributed by atoms with Crippen molar-refractivity contribution in [3.8, 4) is 11.5 Å². The molecule has 2 N–H and O–H groups in total. The van der Waals surface area contributed by atoms with Crippen LogP contribution in [-0.4, -0.2) is 46.0 Å². The minimum atomic E-state index is -3.43. The van der Waals surface area contributed by atoms with Crippen LogP contribution in [0.5, 0.6) is 0 Å². The average Bonchev–Trinajstić information content (AvgIpc) is 2.94. The van der Waals surface area contributed by atoms with Crippen LogP contribution in [-0.2, 0) is 14.6 Å². The summed E-state index contributed by atoms with van der Waals surface area (Å²) < 4.78 is 23.7. The normalized spacial score (nSPS) is 11.6. The van der Waals surface area contributed by atoms with Crippen molar-refractivity contribution < 1.29 is 13.2 Å². The van der Waals surface area contributed by atoms with Gasteiger partial charge in [0.2, 0.25) is 11.9 Å². The van der Waals surface area contributed by atoms with Gasteiger partial charge in [0.05, 0.1) is 5.75 Å². The third kappa shape index (κ3) is 5.44. The molecule has 2 heterocycles. The second kappa shape index (κ2) is 7.32. The number of rotatable bonds is 7. The molecule has 0 fully saturated rings. The van der Waals surface area contributed by atoms with Crippen LogP contribution in [0.25, 0.3) is 11.5 Å². The molecule has 0 aromatic carbocycles. The molecular weight excluding hydrogens is 318 g/mol. The van der Waals surface area contributed by atoms with E-state index in [4.69, 9.17) is 0 Å². The largest absolute Gasteiger partial charge is 0.306 e. The second-order valence-electron chi connectivity index (χ2n) is 5.56. The van der Waals surface area contributed by atoms with Crippen molar-refractivity contribution in [2.24, 2.45) is 5.92 Å². The first-order valence-corrected chi connectivity index (χ1v) is 9.02. The van der Waals surface area contributed by atoms with E-state index in [2.05, 4.69) is 25.5 Å². The van der Waals surface area contributed by atoms with Crippen LogP contribution in [0.3, 0.4) is 0 Å². The first kappa shape index (κ1) is 17.1. The number of H-pyrrole nitrogens is 1. The van der Waals surface area contributed by atoms with E-state index < -0.39 is 21.5 Å². The summed E-state index contributed by atoms with van der Waals surface area (Å²) in [7, 11) is -3.43. The van der Waals surface area contributed by atoms with Crippen LogP contribution in [0.2, 0.25) is 0 Å². The van der Waals surface area contributed by atoms with Crippen molar-refractivity contribution >= 4 is 21.7 Å². The van der Waals surface area contributed by atoms with Gasteiger partial charge in [0.1, 0.15) is 11.4 Å². The maximum absolute atomic E-state index is 11.8. The Labute approximate surface area is 134 Å². The van der Waals surface area contributed by atoms with Gasteiger partial charge in [-0.3, -0.25) is 15.1 Å². The molecule has 0 aliphatic rings. The van der Waals surface area contributed by atoms with E-state index in [-0.39, 0.29) is 17.6 Å². The summed E-state index contributed by atoms with van der Waals surface area (Å²) in [6.07, 6.45) is 2.14. The lowest BCUT2D eigenvalue weighted by molar-refractivity contribution is -0.113. The summed E-state index contributed by atoms with van der Waals surface area (Å²) in [6, 6.07) is 5.30. The Hall–Kier alpha value is -2.29. The van der Waals surface area contributed by atoms with Gasteiger partial charge in [-0.15, -0.1) is 10.2 Å². The summed E-state index contributed by atoms with van der Waals surface area (Å²) >= 11 is 0. The molecule has 0 atom stereocenters. The van der Waals surface area contributed by atoms with Crippen LogP contribution >= 0.6 is 0 Å². The quantitative estimate of drug-likeness (QED) is 0.785. The zero-order valence-electron chi connectivity index (χ0n) is 13.0. The number of aromatic amines is 1. The average molecular weight is 337 g/mol. The summed E-state index contributed by atoms with van der Waals surface area (Å²) in [6.45, 7) is 3.87. The van der Waals surface area contributed by atoms with E-state index in [1.165, 1.54) is 0 Å². The smallest absolute Gasteiger partial charge is 0.241 e. The van der Waals surface area contributed by atoms with Crippen LogP contribution in [0.4, 0.5) is 5.95 Å². The fraction of sp³-hybridized carbons (Fsp3) is 0.429. The summed E-state index contributed by atoms with van der Waals surface area (Å²) in [5, 5.41) is 10.0. The SMILES string of the molecule is CC(C)CCS(=O)(=O)CC(=O)Nc1nnc(-c2ccccn2)[nH]1. The third-order valence-corrected chi connectivity index (χ3v) is 4.57. The maximum atomic E-state index is 11.8. The minimum Gasteiger partial charge on any atom is -0.306 e. The lowest BCUT2D eigenvalue weighted by Gasteiger charge is -2.06. The predicted octanol–water partition coefficient (Wildman–Crippen LogP) is 1.27. The molecule has 0 radical (unpaired) electrons. The molecule has 8 nitrogen and oxygen atoms in total. The molecule has 0 unspecified atom stereocenters. The predicted molar refractivity (Wildman–Crippen MR) is 86.4 cm³/mol. The Bertz CT molecular complexity index is 756. The van der Waals surface area contributed by atoms with Gasteiger partial charge in [-0.05, 0) is 24.5 Å². The molecule has 0 saturated heterocycles. The number of aromatic nitrogens is 4. The number of pyridine rings is 1. The van der Waals surface area contributed by atoms with E-state index in [0.717, 1.165) is 0 Å². The Balaban J connectivity index is 1.95. The molecule has 124 valence electrons. The highest BCUT2D eigenvalue weighted by Crippen LogP contribution is 2.12. The topological polar surface area (TPSA) is 118 Å². The molecule has 1 amide bonds. The van der Waals surface area contributed by atoms with Crippen LogP contribution in [0, 0.1) is 5.92 Å². The van der Waals surface area contributed by atoms with Crippen molar-refractivity contribution in [3.05, 3.63) is 24.4 Å². The Morgan fingerprint density at radius 2 is 2.09 bits per heavy atom. The molecule has 9 heteroatoms. The molecule has 0 aliphatic heterocycles.